The summed E-state index contributed by atoms with van der Waals surface area (Å²) in [7, 11) is 1.48. The van der Waals surface area contributed by atoms with Crippen LogP contribution in [0.3, 0.4) is 0 Å². The molecule has 1 aliphatic carbocycles. The van der Waals surface area contributed by atoms with Gasteiger partial charge in [-0.3, -0.25) is 14.2 Å². The molecule has 0 aliphatic heterocycles. The summed E-state index contributed by atoms with van der Waals surface area (Å²) in [4.78, 5) is 42.7. The van der Waals surface area contributed by atoms with Crippen molar-refractivity contribution in [3.8, 4) is 10.8 Å². The molecule has 0 bridgehead atoms. The second kappa shape index (κ2) is 13.0. The summed E-state index contributed by atoms with van der Waals surface area (Å²) in [5.74, 6) is -0.306. The predicted molar refractivity (Wildman–Crippen MR) is 171 cm³/mol. The van der Waals surface area contributed by atoms with E-state index in [1.54, 1.807) is 43.9 Å². The van der Waals surface area contributed by atoms with E-state index in [-0.39, 0.29) is 30.8 Å². The fraction of sp³-hybridized carbons (Fsp3) is 0.515. The molecule has 1 saturated carbocycles. The first-order valence-electron chi connectivity index (χ1n) is 15.3. The maximum atomic E-state index is 14.7. The second-order valence-corrected chi connectivity index (χ2v) is 13.7. The lowest BCUT2D eigenvalue weighted by atomic mass is 9.91. The monoisotopic (exact) mass is 640 g/mol. The molecular weight excluding hydrogens is 599 g/mol. The molecule has 1 atom stereocenters. The number of aryl methyl sites for hydroxylation is 1. The Morgan fingerprint density at radius 1 is 1.20 bits per heavy atom. The number of rotatable bonds is 11. The molecule has 242 valence electrons. The van der Waals surface area contributed by atoms with Crippen molar-refractivity contribution in [3.63, 3.8) is 0 Å². The number of nitrogens with zero attached hydrogens (tertiary/aromatic N) is 4. The van der Waals surface area contributed by atoms with Crippen molar-refractivity contribution >= 4 is 27.3 Å². The van der Waals surface area contributed by atoms with Gasteiger partial charge >= 0.3 is 5.69 Å². The number of halogens is 1. The zero-order chi connectivity index (χ0) is 32.6. The van der Waals surface area contributed by atoms with Crippen LogP contribution in [-0.4, -0.2) is 49.1 Å². The van der Waals surface area contributed by atoms with Gasteiger partial charge in [-0.1, -0.05) is 25.2 Å². The van der Waals surface area contributed by atoms with Crippen LogP contribution in [0, 0.1) is 18.7 Å². The molecule has 0 saturated heterocycles. The lowest BCUT2D eigenvalue weighted by molar-refractivity contribution is -0.127. The number of hydrogen-bond acceptors (Lipinski definition) is 8. The van der Waals surface area contributed by atoms with Gasteiger partial charge in [0.25, 0.3) is 5.56 Å². The molecule has 1 aliphatic rings. The summed E-state index contributed by atoms with van der Waals surface area (Å²) < 4.78 is 31.1. The molecule has 3 aromatic heterocycles. The molecule has 0 unspecified atom stereocenters. The molecular formula is C33H41FN4O6S. The highest BCUT2D eigenvalue weighted by atomic mass is 32.1. The van der Waals surface area contributed by atoms with E-state index in [4.69, 9.17) is 9.47 Å². The summed E-state index contributed by atoms with van der Waals surface area (Å²) in [6, 6.07) is 5.92. The van der Waals surface area contributed by atoms with Gasteiger partial charge in [-0.25, -0.2) is 18.4 Å². The van der Waals surface area contributed by atoms with Crippen molar-refractivity contribution in [2.45, 2.75) is 97.1 Å². The van der Waals surface area contributed by atoms with Crippen LogP contribution in [0.4, 0.5) is 4.39 Å². The minimum atomic E-state index is -1.44. The summed E-state index contributed by atoms with van der Waals surface area (Å²) in [6.07, 6.45) is 4.39. The van der Waals surface area contributed by atoms with Crippen LogP contribution in [0.25, 0.3) is 15.2 Å². The number of carbonyl (C=O) groups is 1. The zero-order valence-electron chi connectivity index (χ0n) is 26.6. The molecule has 1 aromatic carbocycles. The number of hydrogen-bond donors (Lipinski definition) is 1. The minimum absolute atomic E-state index is 0.0277. The third kappa shape index (κ3) is 6.41. The largest absolute Gasteiger partial charge is 0.496 e. The summed E-state index contributed by atoms with van der Waals surface area (Å²) in [6.45, 7) is 8.75. The molecule has 0 spiro atoms. The number of methoxy groups -OCH3 is 1. The Kier molecular flexibility index (Phi) is 9.48. The number of Topliss-reactive ketones (excluding diaryl/α,β-unsaturated/α-hetero) is 1. The number of thiophene rings is 1. The molecule has 3 heterocycles. The third-order valence-electron chi connectivity index (χ3n) is 8.62. The maximum Gasteiger partial charge on any atom is 0.333 e. The standard InChI is InChI=1S/C33H41FN4O6S/c1-19(2)16-27(40)33(4,5)38-29(41)28-20(3)30(37-15-7-14-35-37)45-31(28)36(32(38)42)18-26(44-23-11-9-22(39)10-12-23)24-17-21(34)8-13-25(24)43-6/h7-8,13-15,17,19,22-23,26,39H,9-12,16,18H2,1-6H3/t22?,23?,26-/m0/s1. The third-order valence-corrected chi connectivity index (χ3v) is 9.93. The van der Waals surface area contributed by atoms with E-state index >= 15 is 0 Å². The Labute approximate surface area is 265 Å². The zero-order valence-corrected chi connectivity index (χ0v) is 27.4. The quantitative estimate of drug-likeness (QED) is 0.237. The van der Waals surface area contributed by atoms with Crippen LogP contribution < -0.4 is 16.0 Å². The number of aliphatic hydroxyl groups is 1. The van der Waals surface area contributed by atoms with Crippen molar-refractivity contribution < 1.29 is 23.8 Å². The van der Waals surface area contributed by atoms with Gasteiger partial charge in [-0.15, -0.1) is 0 Å². The van der Waals surface area contributed by atoms with Crippen molar-refractivity contribution in [2.75, 3.05) is 7.11 Å². The fourth-order valence-electron chi connectivity index (χ4n) is 6.09. The second-order valence-electron chi connectivity index (χ2n) is 12.7. The van der Waals surface area contributed by atoms with Gasteiger partial charge in [-0.2, -0.15) is 5.10 Å². The lowest BCUT2D eigenvalue weighted by Gasteiger charge is -2.31. The van der Waals surface area contributed by atoms with Crippen molar-refractivity contribution in [1.82, 2.24) is 18.9 Å². The van der Waals surface area contributed by atoms with Crippen LogP contribution in [0.1, 0.15) is 77.0 Å². The summed E-state index contributed by atoms with van der Waals surface area (Å²) in [5, 5.41) is 15.4. The molecule has 5 rings (SSSR count). The number of aromatic nitrogens is 4. The number of benzene rings is 1. The highest BCUT2D eigenvalue weighted by molar-refractivity contribution is 7.21. The van der Waals surface area contributed by atoms with Crippen LogP contribution in [0.2, 0.25) is 0 Å². The van der Waals surface area contributed by atoms with Gasteiger partial charge in [-0.05, 0) is 76.6 Å². The Morgan fingerprint density at radius 3 is 2.53 bits per heavy atom. The summed E-state index contributed by atoms with van der Waals surface area (Å²) in [5.41, 5.74) is -1.62. The molecule has 4 aromatic rings. The van der Waals surface area contributed by atoms with Crippen molar-refractivity contribution in [2.24, 2.45) is 5.92 Å². The molecule has 1 fully saturated rings. The van der Waals surface area contributed by atoms with Gasteiger partial charge in [0.15, 0.2) is 5.78 Å². The number of fused-ring (bicyclic) bond motifs is 1. The number of carbonyl (C=O) groups excluding carboxylic acids is 1. The van der Waals surface area contributed by atoms with E-state index in [1.165, 1.54) is 41.2 Å². The van der Waals surface area contributed by atoms with E-state index in [0.29, 0.717) is 57.8 Å². The lowest BCUT2D eigenvalue weighted by Crippen LogP contribution is -2.53. The highest BCUT2D eigenvalue weighted by Crippen LogP contribution is 2.36. The summed E-state index contributed by atoms with van der Waals surface area (Å²) >= 11 is 1.24. The van der Waals surface area contributed by atoms with Gasteiger partial charge in [0.05, 0.1) is 31.2 Å². The number of aliphatic hydroxyl groups excluding tert-OH is 1. The molecule has 12 heteroatoms. The van der Waals surface area contributed by atoms with Crippen LogP contribution in [0.5, 0.6) is 5.75 Å². The van der Waals surface area contributed by atoms with Gasteiger partial charge in [0.1, 0.15) is 33.0 Å². The average Bonchev–Trinajstić information content (AvgIpc) is 3.63. The van der Waals surface area contributed by atoms with Crippen LogP contribution in [-0.2, 0) is 21.6 Å². The van der Waals surface area contributed by atoms with Crippen molar-refractivity contribution in [3.05, 3.63) is 74.4 Å². The maximum absolute atomic E-state index is 14.7. The van der Waals surface area contributed by atoms with E-state index < -0.39 is 34.8 Å². The first-order valence-corrected chi connectivity index (χ1v) is 16.1. The first-order chi connectivity index (χ1) is 21.3. The Morgan fingerprint density at radius 2 is 1.91 bits per heavy atom. The average molecular weight is 641 g/mol. The van der Waals surface area contributed by atoms with E-state index in [2.05, 4.69) is 5.10 Å². The molecule has 0 radical (unpaired) electrons. The molecule has 0 amide bonds. The number of ether oxygens (including phenoxy) is 2. The van der Waals surface area contributed by atoms with Gasteiger partial charge < -0.3 is 14.6 Å². The van der Waals surface area contributed by atoms with Crippen LogP contribution in [0.15, 0.2) is 46.2 Å². The normalized spacial score (nSPS) is 18.1. The molecule has 10 nitrogen and oxygen atoms in total. The Bertz CT molecular complexity index is 1800. The smallest absolute Gasteiger partial charge is 0.333 e. The van der Waals surface area contributed by atoms with Crippen molar-refractivity contribution in [1.29, 1.82) is 0 Å². The SMILES string of the molecule is COc1ccc(F)cc1[C@H](Cn1c(=O)n(C(C)(C)C(=O)CC(C)C)c(=O)c2c(C)c(-n3cccn3)sc21)OC1CCC(O)CC1. The van der Waals surface area contributed by atoms with Gasteiger partial charge in [0, 0.05) is 29.9 Å². The fourth-order valence-corrected chi connectivity index (χ4v) is 7.34. The topological polar surface area (TPSA) is 118 Å². The highest BCUT2D eigenvalue weighted by Gasteiger charge is 2.36. The van der Waals surface area contributed by atoms with Crippen LogP contribution >= 0.6 is 11.3 Å². The minimum Gasteiger partial charge on any atom is -0.496 e. The Hall–Kier alpha value is -3.61. The predicted octanol–water partition coefficient (Wildman–Crippen LogP) is 5.28. The van der Waals surface area contributed by atoms with E-state index in [1.807, 2.05) is 13.8 Å². The first kappa shape index (κ1) is 32.8. The number of ketones is 1. The van der Waals surface area contributed by atoms with Gasteiger partial charge in [0.2, 0.25) is 0 Å². The molecule has 45 heavy (non-hydrogen) atoms. The van der Waals surface area contributed by atoms with E-state index in [0.717, 1.165) is 4.57 Å². The molecule has 1 N–H and O–H groups in total. The van der Waals surface area contributed by atoms with E-state index in [9.17, 15) is 23.9 Å². The Balaban J connectivity index is 1.75.